The van der Waals surface area contributed by atoms with Gasteiger partial charge in [0.2, 0.25) is 31.6 Å². The highest BCUT2D eigenvalue weighted by Gasteiger charge is 2.29. The number of furan rings is 1. The lowest BCUT2D eigenvalue weighted by Crippen LogP contribution is -2.29. The minimum Gasteiger partial charge on any atom is -0.538 e. The summed E-state index contributed by atoms with van der Waals surface area (Å²) in [6, 6.07) is 4.82. The van der Waals surface area contributed by atoms with Gasteiger partial charge in [-0.05, 0) is 44.3 Å². The Morgan fingerprint density at radius 3 is 2.62 bits per heavy atom. The average molecular weight is 481 g/mol. The second kappa shape index (κ2) is 8.69. The summed E-state index contributed by atoms with van der Waals surface area (Å²) < 4.78 is 11.7. The SMILES string of the molecule is C[Si](C)(C)Oc1c(NC(=O)CCCBr)oc(-c2ccc(Cl)cc2Cl)c1O. The summed E-state index contributed by atoms with van der Waals surface area (Å²) in [5.41, 5.74) is 0.454. The zero-order valence-corrected chi connectivity index (χ0v) is 18.8. The number of anilines is 1. The van der Waals surface area contributed by atoms with Crippen LogP contribution in [-0.4, -0.2) is 24.7 Å². The molecule has 0 aliphatic rings. The first-order valence-electron chi connectivity index (χ1n) is 7.98. The number of amides is 1. The highest BCUT2D eigenvalue weighted by Crippen LogP contribution is 2.48. The van der Waals surface area contributed by atoms with Gasteiger partial charge in [-0.3, -0.25) is 10.1 Å². The van der Waals surface area contributed by atoms with Crippen molar-refractivity contribution in [1.82, 2.24) is 0 Å². The number of nitrogens with one attached hydrogen (secondary N) is 1. The maximum atomic E-state index is 12.1. The lowest BCUT2D eigenvalue weighted by molar-refractivity contribution is -0.116. The Balaban J connectivity index is 2.47. The number of carbonyl (C=O) groups is 1. The number of carbonyl (C=O) groups excluding carboxylic acids is 1. The van der Waals surface area contributed by atoms with Crippen LogP contribution in [0.4, 0.5) is 5.88 Å². The van der Waals surface area contributed by atoms with E-state index in [9.17, 15) is 9.90 Å². The standard InChI is InChI=1S/C17H20BrCl2NO4Si/c1-26(2,3)25-16-14(23)15(11-7-6-10(19)9-12(11)20)24-17(16)21-13(22)5-4-8-18/h6-7,9,23H,4-5,8H2,1-3H3,(H,21,22). The fourth-order valence-corrected chi connectivity index (χ4v) is 3.74. The van der Waals surface area contributed by atoms with E-state index >= 15 is 0 Å². The molecule has 9 heteroatoms. The summed E-state index contributed by atoms with van der Waals surface area (Å²) in [5, 5.41) is 14.8. The number of hydrogen-bond acceptors (Lipinski definition) is 4. The van der Waals surface area contributed by atoms with Crippen molar-refractivity contribution >= 4 is 59.2 Å². The second-order valence-corrected chi connectivity index (χ2v) is 12.7. The van der Waals surface area contributed by atoms with Crippen LogP contribution in [0.25, 0.3) is 11.3 Å². The summed E-state index contributed by atoms with van der Waals surface area (Å²) in [7, 11) is -2.08. The molecule has 1 amide bonds. The molecule has 0 aliphatic heterocycles. The van der Waals surface area contributed by atoms with Gasteiger partial charge < -0.3 is 13.9 Å². The maximum Gasteiger partial charge on any atom is 0.245 e. The Labute approximate surface area is 171 Å². The molecular formula is C17H20BrCl2NO4Si. The predicted octanol–water partition coefficient (Wildman–Crippen LogP) is 6.29. The smallest absolute Gasteiger partial charge is 0.245 e. The highest BCUT2D eigenvalue weighted by atomic mass is 79.9. The fourth-order valence-electron chi connectivity index (χ4n) is 2.16. The van der Waals surface area contributed by atoms with Crippen LogP contribution in [0.1, 0.15) is 12.8 Å². The molecule has 0 saturated heterocycles. The molecule has 0 unspecified atom stereocenters. The van der Waals surface area contributed by atoms with E-state index in [0.29, 0.717) is 33.8 Å². The molecule has 1 aromatic heterocycles. The van der Waals surface area contributed by atoms with E-state index in [1.807, 2.05) is 19.6 Å². The molecule has 2 rings (SSSR count). The molecule has 1 heterocycles. The van der Waals surface area contributed by atoms with E-state index < -0.39 is 8.32 Å². The van der Waals surface area contributed by atoms with Crippen molar-refractivity contribution in [3.63, 3.8) is 0 Å². The fraction of sp³-hybridized carbons (Fsp3) is 0.353. The molecule has 2 aromatic rings. The lowest BCUT2D eigenvalue weighted by atomic mass is 10.1. The van der Waals surface area contributed by atoms with E-state index in [0.717, 1.165) is 0 Å². The average Bonchev–Trinajstić information content (AvgIpc) is 2.80. The second-order valence-electron chi connectivity index (χ2n) is 6.62. The van der Waals surface area contributed by atoms with Gasteiger partial charge in [0.05, 0.1) is 5.02 Å². The zero-order chi connectivity index (χ0) is 19.5. The molecule has 0 bridgehead atoms. The van der Waals surface area contributed by atoms with Crippen molar-refractivity contribution in [2.45, 2.75) is 32.5 Å². The number of benzene rings is 1. The lowest BCUT2D eigenvalue weighted by Gasteiger charge is -2.18. The largest absolute Gasteiger partial charge is 0.538 e. The summed E-state index contributed by atoms with van der Waals surface area (Å²) in [5.74, 6) is -0.113. The van der Waals surface area contributed by atoms with E-state index in [1.54, 1.807) is 18.2 Å². The Morgan fingerprint density at radius 2 is 2.04 bits per heavy atom. The summed E-state index contributed by atoms with van der Waals surface area (Å²) in [6.45, 7) is 5.89. The predicted molar refractivity (Wildman–Crippen MR) is 111 cm³/mol. The van der Waals surface area contributed by atoms with Gasteiger partial charge in [0.1, 0.15) is 0 Å². The van der Waals surface area contributed by atoms with Crippen molar-refractivity contribution < 1.29 is 18.7 Å². The summed E-state index contributed by atoms with van der Waals surface area (Å²) in [4.78, 5) is 12.1. The van der Waals surface area contributed by atoms with Crippen molar-refractivity contribution in [3.05, 3.63) is 28.2 Å². The van der Waals surface area contributed by atoms with Gasteiger partial charge in [0.15, 0.2) is 5.76 Å². The van der Waals surface area contributed by atoms with Crippen LogP contribution in [0.2, 0.25) is 29.7 Å². The number of hydrogen-bond donors (Lipinski definition) is 2. The summed E-state index contributed by atoms with van der Waals surface area (Å²) in [6.07, 6.45) is 0.995. The number of rotatable bonds is 7. The van der Waals surface area contributed by atoms with Crippen LogP contribution in [0.5, 0.6) is 11.5 Å². The molecule has 0 radical (unpaired) electrons. The molecular weight excluding hydrogens is 461 g/mol. The number of halogens is 3. The Bertz CT molecular complexity index is 805. The van der Waals surface area contributed by atoms with Crippen LogP contribution in [0.3, 0.4) is 0 Å². The Hall–Kier alpha value is -1.15. The van der Waals surface area contributed by atoms with Crippen molar-refractivity contribution in [1.29, 1.82) is 0 Å². The number of alkyl halides is 1. The minimum absolute atomic E-state index is 0.0746. The zero-order valence-electron chi connectivity index (χ0n) is 14.7. The van der Waals surface area contributed by atoms with E-state index in [4.69, 9.17) is 32.0 Å². The van der Waals surface area contributed by atoms with Crippen molar-refractivity contribution in [2.24, 2.45) is 0 Å². The van der Waals surface area contributed by atoms with Gasteiger partial charge in [-0.15, -0.1) is 0 Å². The third-order valence-corrected chi connectivity index (χ3v) is 5.14. The Kier molecular flexibility index (Phi) is 7.07. The Morgan fingerprint density at radius 1 is 1.35 bits per heavy atom. The monoisotopic (exact) mass is 479 g/mol. The van der Waals surface area contributed by atoms with Gasteiger partial charge in [0, 0.05) is 22.3 Å². The molecule has 2 N–H and O–H groups in total. The van der Waals surface area contributed by atoms with Crippen LogP contribution in [0.15, 0.2) is 22.6 Å². The van der Waals surface area contributed by atoms with Crippen molar-refractivity contribution in [2.75, 3.05) is 10.6 Å². The van der Waals surface area contributed by atoms with E-state index in [2.05, 4.69) is 21.2 Å². The molecule has 142 valence electrons. The first-order valence-corrected chi connectivity index (χ1v) is 13.3. The molecule has 26 heavy (non-hydrogen) atoms. The van der Waals surface area contributed by atoms with Gasteiger partial charge in [0.25, 0.3) is 0 Å². The molecule has 0 atom stereocenters. The third-order valence-electron chi connectivity index (χ3n) is 3.21. The quantitative estimate of drug-likeness (QED) is 0.361. The first kappa shape index (κ1) is 21.2. The van der Waals surface area contributed by atoms with E-state index in [-0.39, 0.29) is 29.1 Å². The molecule has 1 aromatic carbocycles. The van der Waals surface area contributed by atoms with Gasteiger partial charge in [-0.1, -0.05) is 39.1 Å². The molecule has 0 spiro atoms. The first-order chi connectivity index (χ1) is 12.1. The van der Waals surface area contributed by atoms with Crippen LogP contribution < -0.4 is 9.74 Å². The van der Waals surface area contributed by atoms with Crippen molar-refractivity contribution in [3.8, 4) is 22.8 Å². The molecule has 0 fully saturated rings. The molecule has 0 saturated carbocycles. The van der Waals surface area contributed by atoms with Gasteiger partial charge >= 0.3 is 0 Å². The normalized spacial score (nSPS) is 11.5. The van der Waals surface area contributed by atoms with Crippen LogP contribution in [-0.2, 0) is 4.79 Å². The highest BCUT2D eigenvalue weighted by molar-refractivity contribution is 9.09. The van der Waals surface area contributed by atoms with Crippen LogP contribution in [0, 0.1) is 0 Å². The minimum atomic E-state index is -2.08. The van der Waals surface area contributed by atoms with Gasteiger partial charge in [-0.25, -0.2) is 0 Å². The summed E-state index contributed by atoms with van der Waals surface area (Å²) >= 11 is 15.4. The topological polar surface area (TPSA) is 71.7 Å². The molecule has 0 aliphatic carbocycles. The van der Waals surface area contributed by atoms with Gasteiger partial charge in [-0.2, -0.15) is 0 Å². The van der Waals surface area contributed by atoms with E-state index in [1.165, 1.54) is 0 Å². The maximum absolute atomic E-state index is 12.1. The number of aromatic hydroxyl groups is 1. The molecule has 5 nitrogen and oxygen atoms in total. The third kappa shape index (κ3) is 5.42. The van der Waals surface area contributed by atoms with Crippen LogP contribution >= 0.6 is 39.1 Å².